The lowest BCUT2D eigenvalue weighted by Gasteiger charge is -2.50. The first kappa shape index (κ1) is 20.4. The summed E-state index contributed by atoms with van der Waals surface area (Å²) in [6, 6.07) is 23.6. The maximum absolute atomic E-state index is 6.83. The molecule has 0 N–H and O–H groups in total. The fraction of sp³-hybridized carbons (Fsp3) is 0.321. The van der Waals surface area contributed by atoms with E-state index in [0.29, 0.717) is 5.92 Å². The average Bonchev–Trinajstić information content (AvgIpc) is 3.53. The molecule has 0 radical (unpaired) electrons. The fourth-order valence-corrected chi connectivity index (χ4v) is 6.34. The molecule has 0 saturated heterocycles. The van der Waals surface area contributed by atoms with Crippen LogP contribution in [-0.4, -0.2) is 23.2 Å². The minimum Gasteiger partial charge on any atom is -0.466 e. The van der Waals surface area contributed by atoms with E-state index in [9.17, 15) is 0 Å². The minimum absolute atomic E-state index is 0.162. The summed E-state index contributed by atoms with van der Waals surface area (Å²) in [4.78, 5) is 0. The number of hydrogen-bond acceptors (Lipinski definition) is 5. The van der Waals surface area contributed by atoms with Gasteiger partial charge in [-0.2, -0.15) is 5.10 Å². The van der Waals surface area contributed by atoms with Gasteiger partial charge < -0.3 is 14.2 Å². The summed E-state index contributed by atoms with van der Waals surface area (Å²) in [6.45, 7) is 0.279. The number of halogens is 1. The summed E-state index contributed by atoms with van der Waals surface area (Å²) in [5, 5.41) is 7.50. The molecular weight excluding hydrogens is 492 g/mol. The van der Waals surface area contributed by atoms with Crippen molar-refractivity contribution in [1.82, 2.24) is 5.01 Å². The van der Waals surface area contributed by atoms with Crippen molar-refractivity contribution in [2.45, 2.75) is 49.8 Å². The van der Waals surface area contributed by atoms with E-state index in [0.717, 1.165) is 65.1 Å². The van der Waals surface area contributed by atoms with Gasteiger partial charge in [0.2, 0.25) is 6.79 Å². The van der Waals surface area contributed by atoms with Gasteiger partial charge in [0.1, 0.15) is 5.75 Å². The fourth-order valence-electron chi connectivity index (χ4n) is 5.96. The van der Waals surface area contributed by atoms with Crippen LogP contribution in [0.15, 0.2) is 76.3 Å². The molecule has 34 heavy (non-hydrogen) atoms. The van der Waals surface area contributed by atoms with Gasteiger partial charge in [0.05, 0.1) is 11.8 Å². The lowest BCUT2D eigenvalue weighted by molar-refractivity contribution is -0.142. The molecule has 5 nitrogen and oxygen atoms in total. The van der Waals surface area contributed by atoms with Crippen molar-refractivity contribution >= 4 is 21.6 Å². The predicted octanol–water partition coefficient (Wildman–Crippen LogP) is 6.78. The molecule has 0 amide bonds. The number of nitrogens with zero attached hydrogens (tertiary/aromatic N) is 2. The maximum Gasteiger partial charge on any atom is 0.231 e. The van der Waals surface area contributed by atoms with Crippen molar-refractivity contribution in [2.24, 2.45) is 5.10 Å². The van der Waals surface area contributed by atoms with Crippen molar-refractivity contribution in [3.8, 4) is 17.2 Å². The van der Waals surface area contributed by atoms with Gasteiger partial charge >= 0.3 is 0 Å². The van der Waals surface area contributed by atoms with Gasteiger partial charge in [-0.25, -0.2) is 5.01 Å². The number of rotatable bonds is 2. The zero-order valence-corrected chi connectivity index (χ0v) is 20.3. The number of benzene rings is 3. The molecule has 1 aliphatic carbocycles. The molecule has 7 rings (SSSR count). The third-order valence-corrected chi connectivity index (χ3v) is 8.20. The molecule has 1 spiro atoms. The SMILES string of the molecule is Brc1ccc2c(c1)[C@@H]1CC(c3ccc4c(c3)OCO4)=NN1C1(CCC(c3ccccc3)CC1)O2. The molecule has 172 valence electrons. The van der Waals surface area contributed by atoms with Crippen LogP contribution in [0.4, 0.5) is 0 Å². The second-order valence-corrected chi connectivity index (χ2v) is 10.5. The first-order chi connectivity index (χ1) is 16.7. The van der Waals surface area contributed by atoms with Gasteiger partial charge in [0, 0.05) is 34.9 Å². The Bertz CT molecular complexity index is 1280. The molecule has 3 aromatic rings. The Morgan fingerprint density at radius 1 is 0.882 bits per heavy atom. The largest absolute Gasteiger partial charge is 0.466 e. The molecule has 3 heterocycles. The van der Waals surface area contributed by atoms with Crippen molar-refractivity contribution in [2.75, 3.05) is 6.79 Å². The van der Waals surface area contributed by atoms with Gasteiger partial charge in [-0.05, 0) is 60.7 Å². The molecule has 0 bridgehead atoms. The first-order valence-corrected chi connectivity index (χ1v) is 12.8. The third kappa shape index (κ3) is 3.22. The average molecular weight is 517 g/mol. The first-order valence-electron chi connectivity index (χ1n) is 12.0. The van der Waals surface area contributed by atoms with E-state index < -0.39 is 5.72 Å². The summed E-state index contributed by atoms with van der Waals surface area (Å²) in [5.41, 5.74) is 4.38. The van der Waals surface area contributed by atoms with Crippen LogP contribution in [-0.2, 0) is 0 Å². The number of hydrogen-bond donors (Lipinski definition) is 0. The minimum atomic E-state index is -0.408. The van der Waals surface area contributed by atoms with Gasteiger partial charge in [-0.3, -0.25) is 0 Å². The molecule has 4 aliphatic rings. The molecule has 1 fully saturated rings. The van der Waals surface area contributed by atoms with Crippen LogP contribution in [0.3, 0.4) is 0 Å². The summed E-state index contributed by atoms with van der Waals surface area (Å²) in [6.07, 6.45) is 4.94. The van der Waals surface area contributed by atoms with Crippen LogP contribution in [0, 0.1) is 0 Å². The Morgan fingerprint density at radius 3 is 2.53 bits per heavy atom. The lowest BCUT2D eigenvalue weighted by Crippen LogP contribution is -2.55. The highest BCUT2D eigenvalue weighted by molar-refractivity contribution is 9.10. The number of ether oxygens (including phenoxy) is 3. The van der Waals surface area contributed by atoms with Crippen LogP contribution in [0.5, 0.6) is 17.2 Å². The molecule has 3 aliphatic heterocycles. The molecule has 0 unspecified atom stereocenters. The van der Waals surface area contributed by atoms with E-state index in [1.54, 1.807) is 0 Å². The van der Waals surface area contributed by atoms with Crippen LogP contribution >= 0.6 is 15.9 Å². The zero-order valence-electron chi connectivity index (χ0n) is 18.7. The summed E-state index contributed by atoms with van der Waals surface area (Å²) < 4.78 is 19.0. The van der Waals surface area contributed by atoms with Crippen LogP contribution < -0.4 is 14.2 Å². The summed E-state index contributed by atoms with van der Waals surface area (Å²) in [5.74, 6) is 3.15. The van der Waals surface area contributed by atoms with E-state index >= 15 is 0 Å². The highest BCUT2D eigenvalue weighted by atomic mass is 79.9. The van der Waals surface area contributed by atoms with Gasteiger partial charge in [0.15, 0.2) is 17.2 Å². The molecule has 6 heteroatoms. The molecule has 1 saturated carbocycles. The van der Waals surface area contributed by atoms with Crippen molar-refractivity contribution in [3.05, 3.63) is 87.9 Å². The Morgan fingerprint density at radius 2 is 1.68 bits per heavy atom. The Balaban J connectivity index is 1.25. The highest BCUT2D eigenvalue weighted by Crippen LogP contribution is 2.53. The van der Waals surface area contributed by atoms with Crippen LogP contribution in [0.1, 0.15) is 60.8 Å². The van der Waals surface area contributed by atoms with Gasteiger partial charge in [-0.1, -0.05) is 46.3 Å². The predicted molar refractivity (Wildman–Crippen MR) is 133 cm³/mol. The normalized spacial score (nSPS) is 26.6. The van der Waals surface area contributed by atoms with E-state index in [4.69, 9.17) is 19.3 Å². The standard InChI is InChI=1S/C28H25BrN2O3/c29-21-7-9-25-22(15-21)24-16-23(20-6-8-26-27(14-20)33-17-32-26)30-31(24)28(34-25)12-10-19(11-13-28)18-4-2-1-3-5-18/h1-9,14-15,19,24H,10-13,16-17H2/t19?,24-,28?/m0/s1. The summed E-state index contributed by atoms with van der Waals surface area (Å²) >= 11 is 3.66. The van der Waals surface area contributed by atoms with Crippen molar-refractivity contribution in [3.63, 3.8) is 0 Å². The van der Waals surface area contributed by atoms with Gasteiger partial charge in [-0.15, -0.1) is 0 Å². The lowest BCUT2D eigenvalue weighted by atomic mass is 9.78. The van der Waals surface area contributed by atoms with Crippen molar-refractivity contribution < 1.29 is 14.2 Å². The molecular formula is C28H25BrN2O3. The van der Waals surface area contributed by atoms with E-state index in [-0.39, 0.29) is 12.8 Å². The maximum atomic E-state index is 6.83. The number of hydrazone groups is 1. The Labute approximate surface area is 207 Å². The van der Waals surface area contributed by atoms with Crippen molar-refractivity contribution in [1.29, 1.82) is 0 Å². The smallest absolute Gasteiger partial charge is 0.231 e. The van der Waals surface area contributed by atoms with Gasteiger partial charge in [0.25, 0.3) is 0 Å². The topological polar surface area (TPSA) is 43.3 Å². The summed E-state index contributed by atoms with van der Waals surface area (Å²) in [7, 11) is 0. The van der Waals surface area contributed by atoms with E-state index in [1.807, 2.05) is 6.07 Å². The van der Waals surface area contributed by atoms with Crippen LogP contribution in [0.2, 0.25) is 0 Å². The monoisotopic (exact) mass is 516 g/mol. The molecule has 3 aromatic carbocycles. The Hall–Kier alpha value is -2.99. The zero-order chi connectivity index (χ0) is 22.7. The van der Waals surface area contributed by atoms with E-state index in [2.05, 4.69) is 81.6 Å². The molecule has 0 aromatic heterocycles. The van der Waals surface area contributed by atoms with E-state index in [1.165, 1.54) is 11.1 Å². The second kappa shape index (κ2) is 7.77. The highest BCUT2D eigenvalue weighted by Gasteiger charge is 2.52. The van der Waals surface area contributed by atoms with Crippen LogP contribution in [0.25, 0.3) is 0 Å². The second-order valence-electron chi connectivity index (χ2n) is 9.59. The third-order valence-electron chi connectivity index (χ3n) is 7.70. The molecule has 1 atom stereocenters. The quantitative estimate of drug-likeness (QED) is 0.376. The Kier molecular flexibility index (Phi) is 4.66. The number of fused-ring (bicyclic) bond motifs is 5.